The number of allylic oxidation sites excluding steroid dienone is 22. The van der Waals surface area contributed by atoms with Crippen molar-refractivity contribution in [3.63, 3.8) is 0 Å². The first kappa shape index (κ1) is 101. The van der Waals surface area contributed by atoms with Gasteiger partial charge < -0.3 is 33.8 Å². The summed E-state index contributed by atoms with van der Waals surface area (Å²) in [7, 11) is -9.98. The lowest BCUT2D eigenvalue weighted by atomic mass is 10.0. The third kappa shape index (κ3) is 77.4. The van der Waals surface area contributed by atoms with Crippen LogP contribution in [0.4, 0.5) is 0 Å². The average Bonchev–Trinajstić information content (AvgIpc) is 0.901. The third-order valence-corrected chi connectivity index (χ3v) is 19.0. The Balaban J connectivity index is 5.42. The molecule has 5 atom stereocenters. The Hall–Kier alpha value is -4.80. The van der Waals surface area contributed by atoms with E-state index in [0.29, 0.717) is 32.1 Å². The van der Waals surface area contributed by atoms with Gasteiger partial charge in [-0.2, -0.15) is 0 Å². The largest absolute Gasteiger partial charge is 0.472 e. The first-order valence-electron chi connectivity index (χ1n) is 41.4. The molecule has 19 heteroatoms. The van der Waals surface area contributed by atoms with Crippen LogP contribution in [0.3, 0.4) is 0 Å². The van der Waals surface area contributed by atoms with E-state index in [2.05, 4.69) is 149 Å². The summed E-state index contributed by atoms with van der Waals surface area (Å²) in [5.74, 6) is -2.25. The zero-order valence-corrected chi connectivity index (χ0v) is 68.4. The van der Waals surface area contributed by atoms with Gasteiger partial charge in [-0.3, -0.25) is 37.3 Å². The van der Waals surface area contributed by atoms with E-state index in [1.165, 1.54) is 64.2 Å². The van der Waals surface area contributed by atoms with Gasteiger partial charge in [0.1, 0.15) is 19.3 Å². The molecule has 608 valence electrons. The van der Waals surface area contributed by atoms with Gasteiger partial charge in [-0.15, -0.1) is 0 Å². The van der Waals surface area contributed by atoms with Crippen LogP contribution in [0.5, 0.6) is 0 Å². The van der Waals surface area contributed by atoms with Gasteiger partial charge in [0.05, 0.1) is 26.4 Å². The number of phosphoric ester groups is 2. The minimum Gasteiger partial charge on any atom is -0.462 e. The van der Waals surface area contributed by atoms with Crippen molar-refractivity contribution in [3.05, 3.63) is 134 Å². The molecule has 0 aliphatic heterocycles. The highest BCUT2D eigenvalue weighted by Gasteiger charge is 2.30. The maximum atomic E-state index is 13.1. The van der Waals surface area contributed by atoms with Crippen LogP contribution in [0.2, 0.25) is 0 Å². The lowest BCUT2D eigenvalue weighted by Gasteiger charge is -2.21. The van der Waals surface area contributed by atoms with Gasteiger partial charge in [-0.05, 0) is 128 Å². The van der Waals surface area contributed by atoms with E-state index in [9.17, 15) is 43.2 Å². The van der Waals surface area contributed by atoms with Crippen molar-refractivity contribution in [2.75, 3.05) is 39.6 Å². The number of carbonyl (C=O) groups is 4. The van der Waals surface area contributed by atoms with Crippen molar-refractivity contribution >= 4 is 39.5 Å². The van der Waals surface area contributed by atoms with Crippen molar-refractivity contribution in [1.29, 1.82) is 0 Å². The van der Waals surface area contributed by atoms with Gasteiger partial charge in [0, 0.05) is 25.7 Å². The number of ether oxygens (including phenoxy) is 4. The number of aliphatic hydroxyl groups excluding tert-OH is 1. The van der Waals surface area contributed by atoms with Gasteiger partial charge >= 0.3 is 39.5 Å². The lowest BCUT2D eigenvalue weighted by molar-refractivity contribution is -0.161. The Morgan fingerprint density at radius 2 is 0.500 bits per heavy atom. The summed E-state index contributed by atoms with van der Waals surface area (Å²) in [6.07, 6.45) is 88.5. The van der Waals surface area contributed by atoms with E-state index in [1.807, 2.05) is 12.2 Å². The predicted molar refractivity (Wildman–Crippen MR) is 436 cm³/mol. The van der Waals surface area contributed by atoms with Crippen molar-refractivity contribution in [1.82, 2.24) is 0 Å². The quantitative estimate of drug-likeness (QED) is 0.0169. The summed E-state index contributed by atoms with van der Waals surface area (Å²) in [6.45, 7) is 4.50. The molecule has 0 radical (unpaired) electrons. The van der Waals surface area contributed by atoms with Gasteiger partial charge in [0.2, 0.25) is 0 Å². The fourth-order valence-corrected chi connectivity index (χ4v) is 12.5. The van der Waals surface area contributed by atoms with Crippen molar-refractivity contribution in [2.24, 2.45) is 0 Å². The molecule has 106 heavy (non-hydrogen) atoms. The number of esters is 4. The summed E-state index contributed by atoms with van der Waals surface area (Å²) in [5, 5.41) is 10.7. The number of hydrogen-bond acceptors (Lipinski definition) is 15. The molecule has 0 fully saturated rings. The van der Waals surface area contributed by atoms with Gasteiger partial charge in [0.25, 0.3) is 0 Å². The van der Waals surface area contributed by atoms with E-state index in [1.54, 1.807) is 0 Å². The van der Waals surface area contributed by atoms with E-state index in [4.69, 9.17) is 37.0 Å². The Morgan fingerprint density at radius 1 is 0.274 bits per heavy atom. The fraction of sp³-hybridized carbons (Fsp3) is 0.701. The van der Waals surface area contributed by atoms with Crippen LogP contribution >= 0.6 is 15.6 Å². The van der Waals surface area contributed by atoms with Crippen molar-refractivity contribution < 1.29 is 80.2 Å². The summed E-state index contributed by atoms with van der Waals surface area (Å²) in [4.78, 5) is 73.2. The highest BCUT2D eigenvalue weighted by atomic mass is 31.2. The van der Waals surface area contributed by atoms with E-state index < -0.39 is 97.5 Å². The third-order valence-electron chi connectivity index (χ3n) is 17.1. The van der Waals surface area contributed by atoms with Crippen LogP contribution in [0, 0.1) is 0 Å². The first-order chi connectivity index (χ1) is 51.7. The fourth-order valence-electron chi connectivity index (χ4n) is 10.9. The minimum atomic E-state index is -4.99. The Bertz CT molecular complexity index is 2530. The molecule has 0 aliphatic rings. The Labute approximate surface area is 644 Å². The van der Waals surface area contributed by atoms with Gasteiger partial charge in [-0.25, -0.2) is 9.13 Å². The smallest absolute Gasteiger partial charge is 0.462 e. The molecule has 0 saturated carbocycles. The first-order valence-corrected chi connectivity index (χ1v) is 44.4. The monoisotopic (exact) mass is 1530 g/mol. The molecule has 0 amide bonds. The second kappa shape index (κ2) is 78.3. The topological polar surface area (TPSA) is 237 Å². The minimum absolute atomic E-state index is 0.0779. The molecule has 3 N–H and O–H groups in total. The van der Waals surface area contributed by atoms with E-state index in [-0.39, 0.29) is 25.7 Å². The van der Waals surface area contributed by atoms with Gasteiger partial charge in [-0.1, -0.05) is 315 Å². The van der Waals surface area contributed by atoms with Crippen LogP contribution < -0.4 is 0 Å². The molecule has 0 heterocycles. The van der Waals surface area contributed by atoms with Crippen LogP contribution in [-0.2, 0) is 65.4 Å². The number of carbonyl (C=O) groups excluding carboxylic acids is 4. The predicted octanol–water partition coefficient (Wildman–Crippen LogP) is 24.4. The standard InChI is InChI=1S/C87H148O17P2/c1-5-9-13-17-21-25-29-33-37-40-44-47-51-55-59-63-67-71-84(89)97-77-82(103-86(91)73-69-65-61-57-53-49-43-36-32-28-24-20-16-12-8-4)79-101-105(93,94)99-75-81(88)76-100-106(95,96)102-80-83(104-87(92)74-70-66-62-58-54-50-46-42-39-35-31-27-23-19-15-11-7-3)78-98-85(90)72-68-64-60-56-52-48-45-41-38-34-30-26-22-18-14-10-6-2/h9-11,13-15,21-23,25-27,33-35,37-39,44,47,55,59,81-83,88H,5-8,12,16-20,24,28-32,36,40-43,45-46,48-54,56-58,60-80H2,1-4H3,(H,93,94)(H,95,96)/b13-9-,14-10-,15-11-,25-21-,26-22-,27-23-,37-33-,38-34-,39-35-,47-44-,59-55-. The second-order valence-corrected chi connectivity index (χ2v) is 30.2. The number of hydrogen-bond donors (Lipinski definition) is 3. The molecule has 0 spiro atoms. The molecule has 0 aliphatic carbocycles. The molecule has 0 bridgehead atoms. The van der Waals surface area contributed by atoms with Crippen LogP contribution in [0.25, 0.3) is 0 Å². The molecule has 0 saturated heterocycles. The molecule has 0 rings (SSSR count). The highest BCUT2D eigenvalue weighted by molar-refractivity contribution is 7.47. The van der Waals surface area contributed by atoms with Gasteiger partial charge in [0.15, 0.2) is 12.2 Å². The molecule has 0 aromatic carbocycles. The normalized spacial score (nSPS) is 14.5. The van der Waals surface area contributed by atoms with Crippen LogP contribution in [-0.4, -0.2) is 96.7 Å². The number of aliphatic hydroxyl groups is 1. The Morgan fingerprint density at radius 3 is 0.792 bits per heavy atom. The zero-order chi connectivity index (χ0) is 77.4. The van der Waals surface area contributed by atoms with Crippen molar-refractivity contribution in [3.8, 4) is 0 Å². The highest BCUT2D eigenvalue weighted by Crippen LogP contribution is 2.45. The summed E-state index contributed by atoms with van der Waals surface area (Å²) < 4.78 is 68.7. The lowest BCUT2D eigenvalue weighted by Crippen LogP contribution is -2.30. The number of rotatable bonds is 77. The maximum Gasteiger partial charge on any atom is 0.472 e. The zero-order valence-electron chi connectivity index (χ0n) is 66.6. The SMILES string of the molecule is CC/C=C\C/C=C\C/C=C\C/C=C\C/C=C\CCCC(=O)OCC(COP(=O)(O)OCC(O)COP(=O)(O)OCC(COC(=O)CCCCCCCCC/C=C\C/C=C\C/C=C\CC)OC(=O)CCCCCCCCC/C=C\C/C=C\C/C=C\CC)OC(=O)CCCCCCCCCCCCCCCCC. The van der Waals surface area contributed by atoms with Crippen molar-refractivity contribution in [2.45, 2.75) is 354 Å². The summed E-state index contributed by atoms with van der Waals surface area (Å²) in [5.41, 5.74) is 0. The molecule has 0 aromatic rings. The maximum absolute atomic E-state index is 13.1. The average molecular weight is 1530 g/mol. The molecule has 5 unspecified atom stereocenters. The molecular weight excluding hydrogens is 1380 g/mol. The van der Waals surface area contributed by atoms with Crippen LogP contribution in [0.15, 0.2) is 134 Å². The number of unbranched alkanes of at least 4 members (excludes halogenated alkanes) is 29. The second-order valence-electron chi connectivity index (χ2n) is 27.3. The number of phosphoric acid groups is 2. The molecule has 17 nitrogen and oxygen atoms in total. The Kier molecular flexibility index (Phi) is 74.8. The summed E-state index contributed by atoms with van der Waals surface area (Å²) >= 11 is 0. The summed E-state index contributed by atoms with van der Waals surface area (Å²) in [6, 6.07) is 0. The molecular formula is C87H148O17P2. The van der Waals surface area contributed by atoms with Crippen LogP contribution in [0.1, 0.15) is 336 Å². The molecule has 0 aromatic heterocycles. The van der Waals surface area contributed by atoms with E-state index in [0.717, 1.165) is 186 Å². The van der Waals surface area contributed by atoms with E-state index >= 15 is 0 Å².